The van der Waals surface area contributed by atoms with Gasteiger partial charge in [0, 0.05) is 43.9 Å². The molecule has 2 aromatic heterocycles. The molecule has 3 heterocycles. The topological polar surface area (TPSA) is 112 Å². The number of pyridine rings is 1. The number of rotatable bonds is 7. The van der Waals surface area contributed by atoms with Gasteiger partial charge in [0.25, 0.3) is 11.8 Å². The van der Waals surface area contributed by atoms with Gasteiger partial charge >= 0.3 is 0 Å². The van der Waals surface area contributed by atoms with Crippen LogP contribution < -0.4 is 20.7 Å². The Balaban J connectivity index is 1.65. The van der Waals surface area contributed by atoms with E-state index in [-0.39, 0.29) is 18.4 Å². The number of anilines is 2. The van der Waals surface area contributed by atoms with Gasteiger partial charge in [-0.05, 0) is 50.2 Å². The lowest BCUT2D eigenvalue weighted by molar-refractivity contribution is -0.112. The van der Waals surface area contributed by atoms with Gasteiger partial charge in [0.1, 0.15) is 11.4 Å². The van der Waals surface area contributed by atoms with Gasteiger partial charge < -0.3 is 25.6 Å². The van der Waals surface area contributed by atoms with Gasteiger partial charge in [-0.2, -0.15) is 0 Å². The van der Waals surface area contributed by atoms with Crippen molar-refractivity contribution in [1.82, 2.24) is 19.6 Å². The second kappa shape index (κ2) is 12.4. The molecule has 1 aliphatic rings. The van der Waals surface area contributed by atoms with Crippen LogP contribution in [0.25, 0.3) is 5.65 Å². The summed E-state index contributed by atoms with van der Waals surface area (Å²) in [7, 11) is 4.96. The number of imidazole rings is 1. The highest BCUT2D eigenvalue weighted by molar-refractivity contribution is 6.03. The lowest BCUT2D eigenvalue weighted by Crippen LogP contribution is -2.39. The zero-order valence-electron chi connectivity index (χ0n) is 23.0. The standard InChI is InChI=1S/C29H32FN7O3/c1-18(2)28(38)35-27-24(8-6-13-32-22-11-10-19(29(39)31-3)16-25(22)40-5)34-26-23(9-7-14-37(26)27)33-21-12-15-36(4)17-20(21)30/h7,9-11,14,16,20,32H,1,12-13,15,17H2,2-5H3,(H,31,39)(H,35,38)/t20-/m0/s1. The van der Waals surface area contributed by atoms with Crippen molar-refractivity contribution in [2.75, 3.05) is 51.5 Å². The van der Waals surface area contributed by atoms with Crippen molar-refractivity contribution in [1.29, 1.82) is 0 Å². The molecule has 2 amide bonds. The Bertz CT molecular complexity index is 1550. The molecule has 0 spiro atoms. The summed E-state index contributed by atoms with van der Waals surface area (Å²) in [6, 6.07) is 8.58. The van der Waals surface area contributed by atoms with Gasteiger partial charge in [-0.3, -0.25) is 19.0 Å². The number of hydrogen-bond donors (Lipinski definition) is 3. The number of halogens is 1. The van der Waals surface area contributed by atoms with Crippen LogP contribution in [0.15, 0.2) is 53.7 Å². The molecule has 208 valence electrons. The van der Waals surface area contributed by atoms with Crippen molar-refractivity contribution >= 4 is 40.4 Å². The third-order valence-electron chi connectivity index (χ3n) is 6.36. The summed E-state index contributed by atoms with van der Waals surface area (Å²) < 4.78 is 21.8. The predicted molar refractivity (Wildman–Crippen MR) is 154 cm³/mol. The van der Waals surface area contributed by atoms with Gasteiger partial charge in [-0.1, -0.05) is 12.5 Å². The molecule has 11 heteroatoms. The van der Waals surface area contributed by atoms with Crippen LogP contribution in [-0.2, 0) is 4.79 Å². The maximum atomic E-state index is 14.7. The number of fused-ring (bicyclic) bond motifs is 1. The highest BCUT2D eigenvalue weighted by Crippen LogP contribution is 2.28. The summed E-state index contributed by atoms with van der Waals surface area (Å²) in [5.74, 6) is 6.30. The molecular formula is C29H32FN7O3. The molecule has 0 unspecified atom stereocenters. The minimum absolute atomic E-state index is 0.219. The van der Waals surface area contributed by atoms with Crippen LogP contribution in [-0.4, -0.2) is 78.8 Å². The molecule has 1 aromatic carbocycles. The number of aromatic nitrogens is 2. The van der Waals surface area contributed by atoms with Gasteiger partial charge in [-0.25, -0.2) is 9.37 Å². The highest BCUT2D eigenvalue weighted by Gasteiger charge is 2.24. The summed E-state index contributed by atoms with van der Waals surface area (Å²) in [5, 5.41) is 8.58. The van der Waals surface area contributed by atoms with Crippen LogP contribution in [0.2, 0.25) is 0 Å². The number of piperidine rings is 1. The number of carbonyl (C=O) groups is 2. The lowest BCUT2D eigenvalue weighted by atomic mass is 10.1. The summed E-state index contributed by atoms with van der Waals surface area (Å²) in [6.07, 6.45) is 1.10. The second-order valence-electron chi connectivity index (χ2n) is 9.36. The monoisotopic (exact) mass is 545 g/mol. The largest absolute Gasteiger partial charge is 0.495 e. The number of alkyl halides is 1. The Kier molecular flexibility index (Phi) is 8.81. The van der Waals surface area contributed by atoms with Crippen LogP contribution in [0.4, 0.5) is 21.6 Å². The molecule has 0 bridgehead atoms. The first kappa shape index (κ1) is 28.3. The molecule has 1 aliphatic heterocycles. The molecule has 3 aromatic rings. The summed E-state index contributed by atoms with van der Waals surface area (Å²) >= 11 is 0. The third-order valence-corrected chi connectivity index (χ3v) is 6.36. The van der Waals surface area contributed by atoms with E-state index >= 15 is 0 Å². The summed E-state index contributed by atoms with van der Waals surface area (Å²) in [4.78, 5) is 35.6. The Morgan fingerprint density at radius 3 is 2.83 bits per heavy atom. The van der Waals surface area contributed by atoms with Crippen molar-refractivity contribution in [3.8, 4) is 17.6 Å². The Labute approximate surface area is 232 Å². The highest BCUT2D eigenvalue weighted by atomic mass is 19.1. The Morgan fingerprint density at radius 1 is 1.32 bits per heavy atom. The number of methoxy groups -OCH3 is 1. The maximum Gasteiger partial charge on any atom is 0.251 e. The Hall–Kier alpha value is -4.69. The molecule has 0 saturated carbocycles. The van der Waals surface area contributed by atoms with Crippen LogP contribution >= 0.6 is 0 Å². The van der Waals surface area contributed by atoms with E-state index < -0.39 is 6.17 Å². The number of amides is 2. The first-order chi connectivity index (χ1) is 19.2. The fraction of sp³-hybridized carbons (Fsp3) is 0.310. The minimum atomic E-state index is -1.16. The van der Waals surface area contributed by atoms with Gasteiger partial charge in [0.05, 0.1) is 25.1 Å². The number of benzene rings is 1. The molecule has 1 atom stereocenters. The molecule has 10 nitrogen and oxygen atoms in total. The summed E-state index contributed by atoms with van der Waals surface area (Å²) in [5.41, 5.74) is 3.18. The van der Waals surface area contributed by atoms with Gasteiger partial charge in [0.2, 0.25) is 0 Å². The first-order valence-corrected chi connectivity index (χ1v) is 12.7. The van der Waals surface area contributed by atoms with Crippen LogP contribution in [0.1, 0.15) is 29.4 Å². The Morgan fingerprint density at radius 2 is 2.12 bits per heavy atom. The molecule has 0 aliphatic carbocycles. The maximum absolute atomic E-state index is 14.7. The SMILES string of the molecule is C=C(C)C(=O)Nc1c(C#CCNc2ccc(C(=O)NC)cc2OC)nc2c(N=C3CCN(C)C[C@@H]3F)cccn12. The molecule has 4 rings (SSSR count). The summed E-state index contributed by atoms with van der Waals surface area (Å²) in [6.45, 7) is 6.56. The van der Waals surface area contributed by atoms with E-state index in [1.54, 1.807) is 54.9 Å². The molecule has 1 saturated heterocycles. The van der Waals surface area contributed by atoms with E-state index in [4.69, 9.17) is 4.74 Å². The average molecular weight is 546 g/mol. The molecule has 1 fully saturated rings. The molecule has 3 N–H and O–H groups in total. The fourth-order valence-corrected chi connectivity index (χ4v) is 4.16. The van der Waals surface area contributed by atoms with Gasteiger partial charge in [0.15, 0.2) is 23.3 Å². The number of carbonyl (C=O) groups excluding carboxylic acids is 2. The number of aliphatic imine (C=N–C) groups is 1. The van der Waals surface area contributed by atoms with Crippen LogP contribution in [0.3, 0.4) is 0 Å². The van der Waals surface area contributed by atoms with Crippen molar-refractivity contribution < 1.29 is 18.7 Å². The average Bonchev–Trinajstić information content (AvgIpc) is 3.29. The minimum Gasteiger partial charge on any atom is -0.495 e. The number of ether oxygens (including phenoxy) is 1. The van der Waals surface area contributed by atoms with E-state index in [1.165, 1.54) is 7.11 Å². The zero-order chi connectivity index (χ0) is 28.8. The van der Waals surface area contributed by atoms with E-state index in [2.05, 4.69) is 44.3 Å². The van der Waals surface area contributed by atoms with Crippen molar-refractivity contribution in [2.45, 2.75) is 19.5 Å². The molecule has 40 heavy (non-hydrogen) atoms. The van der Waals surface area contributed by atoms with Crippen molar-refractivity contribution in [2.24, 2.45) is 4.99 Å². The normalized spacial score (nSPS) is 16.2. The van der Waals surface area contributed by atoms with Crippen LogP contribution in [0.5, 0.6) is 5.75 Å². The third kappa shape index (κ3) is 6.30. The van der Waals surface area contributed by atoms with Gasteiger partial charge in [-0.15, -0.1) is 0 Å². The lowest BCUT2D eigenvalue weighted by Gasteiger charge is -2.26. The molecular weight excluding hydrogens is 513 g/mol. The quantitative estimate of drug-likeness (QED) is 0.310. The van der Waals surface area contributed by atoms with Crippen molar-refractivity contribution in [3.05, 3.63) is 59.9 Å². The first-order valence-electron chi connectivity index (χ1n) is 12.7. The number of nitrogens with zero attached hydrogens (tertiary/aromatic N) is 4. The van der Waals surface area contributed by atoms with E-state index in [1.807, 2.05) is 11.9 Å². The zero-order valence-corrected chi connectivity index (χ0v) is 23.0. The second-order valence-corrected chi connectivity index (χ2v) is 9.36. The number of hydrogen-bond acceptors (Lipinski definition) is 7. The van der Waals surface area contributed by atoms with E-state index in [9.17, 15) is 14.0 Å². The number of likely N-dealkylation sites (tertiary alicyclic amines) is 1. The van der Waals surface area contributed by atoms with E-state index in [0.29, 0.717) is 64.1 Å². The van der Waals surface area contributed by atoms with Crippen LogP contribution in [0, 0.1) is 11.8 Å². The molecule has 0 radical (unpaired) electrons. The fourth-order valence-electron chi connectivity index (χ4n) is 4.16. The smallest absolute Gasteiger partial charge is 0.251 e. The number of nitrogens with one attached hydrogen (secondary N) is 3. The van der Waals surface area contributed by atoms with Crippen molar-refractivity contribution in [3.63, 3.8) is 0 Å². The van der Waals surface area contributed by atoms with E-state index in [0.717, 1.165) is 6.54 Å². The predicted octanol–water partition coefficient (Wildman–Crippen LogP) is 3.43.